The Kier molecular flexibility index (Phi) is 5.37. The van der Waals surface area contributed by atoms with Gasteiger partial charge in [-0.3, -0.25) is 9.59 Å². The molecule has 2 aliphatic rings. The Morgan fingerprint density at radius 2 is 2.15 bits per heavy atom. The molecule has 2 fully saturated rings. The fourth-order valence-electron chi connectivity index (χ4n) is 2.72. The van der Waals surface area contributed by atoms with Crippen LogP contribution in [0.1, 0.15) is 46.0 Å². The molecule has 0 unspecified atom stereocenters. The molecule has 114 valence electrons. The topological polar surface area (TPSA) is 71.1 Å². The maximum Gasteiger partial charge on any atom is 0.306 e. The normalized spacial score (nSPS) is 31.1. The zero-order valence-electron chi connectivity index (χ0n) is 12.0. The minimum atomic E-state index is -0.563. The lowest BCUT2D eigenvalue weighted by molar-refractivity contribution is -0.183. The van der Waals surface area contributed by atoms with E-state index < -0.39 is 6.29 Å². The fourth-order valence-corrected chi connectivity index (χ4v) is 2.72. The summed E-state index contributed by atoms with van der Waals surface area (Å²) in [4.78, 5) is 22.1. The van der Waals surface area contributed by atoms with Gasteiger partial charge in [0.15, 0.2) is 0 Å². The minimum absolute atomic E-state index is 0.0183. The SMILES string of the molecule is CCO[C@@H](C[C@@H]1CC[C@@H]([C@H]2CCC(=O)O2)O1)OC(C)=O. The van der Waals surface area contributed by atoms with E-state index >= 15 is 0 Å². The van der Waals surface area contributed by atoms with E-state index in [2.05, 4.69) is 0 Å². The van der Waals surface area contributed by atoms with Gasteiger partial charge in [0.1, 0.15) is 6.10 Å². The van der Waals surface area contributed by atoms with Crippen LogP contribution in [0.5, 0.6) is 0 Å². The van der Waals surface area contributed by atoms with Crippen LogP contribution in [0.2, 0.25) is 0 Å². The molecular weight excluding hydrogens is 264 g/mol. The Labute approximate surface area is 118 Å². The first-order valence-electron chi connectivity index (χ1n) is 7.22. The van der Waals surface area contributed by atoms with E-state index in [1.807, 2.05) is 6.92 Å². The van der Waals surface area contributed by atoms with E-state index in [0.717, 1.165) is 19.3 Å². The average molecular weight is 286 g/mol. The van der Waals surface area contributed by atoms with Gasteiger partial charge >= 0.3 is 11.9 Å². The Balaban J connectivity index is 1.79. The number of esters is 2. The van der Waals surface area contributed by atoms with E-state index in [1.54, 1.807) is 0 Å². The van der Waals surface area contributed by atoms with Gasteiger partial charge in [0.05, 0.1) is 12.2 Å². The van der Waals surface area contributed by atoms with Crippen LogP contribution in [-0.2, 0) is 28.5 Å². The largest absolute Gasteiger partial charge is 0.460 e. The molecule has 0 bridgehead atoms. The zero-order valence-corrected chi connectivity index (χ0v) is 12.0. The van der Waals surface area contributed by atoms with Crippen molar-refractivity contribution in [2.24, 2.45) is 0 Å². The lowest BCUT2D eigenvalue weighted by Crippen LogP contribution is -2.29. The van der Waals surface area contributed by atoms with Crippen LogP contribution >= 0.6 is 0 Å². The molecule has 2 heterocycles. The van der Waals surface area contributed by atoms with Gasteiger partial charge < -0.3 is 18.9 Å². The van der Waals surface area contributed by atoms with E-state index in [4.69, 9.17) is 18.9 Å². The van der Waals surface area contributed by atoms with Gasteiger partial charge in [-0.2, -0.15) is 0 Å². The zero-order chi connectivity index (χ0) is 14.5. The highest BCUT2D eigenvalue weighted by Crippen LogP contribution is 2.31. The third kappa shape index (κ3) is 4.18. The standard InChI is InChI=1S/C14H22O6/c1-3-17-14(18-9(2)15)8-10-4-5-11(19-10)12-6-7-13(16)20-12/h10-12,14H,3-8H2,1-2H3/t10-,11-,12+,14+/m0/s1. The summed E-state index contributed by atoms with van der Waals surface area (Å²) in [5, 5.41) is 0. The number of cyclic esters (lactones) is 1. The van der Waals surface area contributed by atoms with Crippen LogP contribution in [0.15, 0.2) is 0 Å². The molecule has 0 radical (unpaired) electrons. The molecule has 0 aliphatic carbocycles. The number of ether oxygens (including phenoxy) is 4. The van der Waals surface area contributed by atoms with Gasteiger partial charge in [-0.25, -0.2) is 0 Å². The molecule has 0 aromatic rings. The molecule has 4 atom stereocenters. The van der Waals surface area contributed by atoms with Crippen molar-refractivity contribution in [1.82, 2.24) is 0 Å². The summed E-state index contributed by atoms with van der Waals surface area (Å²) in [5.41, 5.74) is 0. The molecular formula is C14H22O6. The van der Waals surface area contributed by atoms with Crippen molar-refractivity contribution in [1.29, 1.82) is 0 Å². The highest BCUT2D eigenvalue weighted by atomic mass is 16.7. The molecule has 6 heteroatoms. The lowest BCUT2D eigenvalue weighted by atomic mass is 10.1. The second-order valence-corrected chi connectivity index (χ2v) is 5.17. The van der Waals surface area contributed by atoms with Crippen molar-refractivity contribution < 1.29 is 28.5 Å². The molecule has 0 spiro atoms. The van der Waals surface area contributed by atoms with Crippen LogP contribution in [0, 0.1) is 0 Å². The second kappa shape index (κ2) is 7.04. The molecule has 0 aromatic carbocycles. The first kappa shape index (κ1) is 15.3. The Morgan fingerprint density at radius 1 is 1.35 bits per heavy atom. The summed E-state index contributed by atoms with van der Waals surface area (Å²) in [5.74, 6) is -0.503. The third-order valence-electron chi connectivity index (χ3n) is 3.58. The number of hydrogen-bond donors (Lipinski definition) is 0. The maximum absolute atomic E-state index is 11.1. The van der Waals surface area contributed by atoms with Crippen molar-refractivity contribution in [3.63, 3.8) is 0 Å². The van der Waals surface area contributed by atoms with E-state index in [-0.39, 0.29) is 30.3 Å². The highest BCUT2D eigenvalue weighted by Gasteiger charge is 2.38. The minimum Gasteiger partial charge on any atom is -0.460 e. The van der Waals surface area contributed by atoms with Gasteiger partial charge in [-0.1, -0.05) is 0 Å². The summed E-state index contributed by atoms with van der Waals surface area (Å²) in [6.45, 7) is 3.70. The quantitative estimate of drug-likeness (QED) is 0.545. The Hall–Kier alpha value is -1.14. The molecule has 2 saturated heterocycles. The fraction of sp³-hybridized carbons (Fsp3) is 0.857. The van der Waals surface area contributed by atoms with Crippen molar-refractivity contribution in [3.8, 4) is 0 Å². The first-order chi connectivity index (χ1) is 9.58. The van der Waals surface area contributed by atoms with Crippen molar-refractivity contribution >= 4 is 11.9 Å². The van der Waals surface area contributed by atoms with Crippen molar-refractivity contribution in [3.05, 3.63) is 0 Å². The third-order valence-corrected chi connectivity index (χ3v) is 3.58. The Morgan fingerprint density at radius 3 is 2.75 bits per heavy atom. The van der Waals surface area contributed by atoms with Crippen LogP contribution < -0.4 is 0 Å². The summed E-state index contributed by atoms with van der Waals surface area (Å²) >= 11 is 0. The molecule has 2 aliphatic heterocycles. The van der Waals surface area contributed by atoms with E-state index in [0.29, 0.717) is 19.4 Å². The molecule has 2 rings (SSSR count). The van der Waals surface area contributed by atoms with Crippen LogP contribution in [0.25, 0.3) is 0 Å². The summed E-state index contributed by atoms with van der Waals surface area (Å²) in [6, 6.07) is 0. The molecule has 0 amide bonds. The number of hydrogen-bond acceptors (Lipinski definition) is 6. The van der Waals surface area contributed by atoms with Gasteiger partial charge in [-0.05, 0) is 26.2 Å². The molecule has 0 aromatic heterocycles. The molecule has 20 heavy (non-hydrogen) atoms. The second-order valence-electron chi connectivity index (χ2n) is 5.17. The van der Waals surface area contributed by atoms with Crippen molar-refractivity contribution in [2.75, 3.05) is 6.61 Å². The Bertz CT molecular complexity index is 356. The monoisotopic (exact) mass is 286 g/mol. The smallest absolute Gasteiger partial charge is 0.306 e. The van der Waals surface area contributed by atoms with Gasteiger partial charge in [0, 0.05) is 26.4 Å². The summed E-state index contributed by atoms with van der Waals surface area (Å²) in [6.07, 6.45) is 2.72. The number of carbonyl (C=O) groups excluding carboxylic acids is 2. The predicted molar refractivity (Wildman–Crippen MR) is 68.8 cm³/mol. The van der Waals surface area contributed by atoms with Gasteiger partial charge in [0.25, 0.3) is 0 Å². The number of rotatable bonds is 6. The average Bonchev–Trinajstić information content (AvgIpc) is 2.97. The van der Waals surface area contributed by atoms with Crippen LogP contribution in [0.3, 0.4) is 0 Å². The summed E-state index contributed by atoms with van der Waals surface area (Å²) < 4.78 is 21.6. The molecule has 0 saturated carbocycles. The molecule has 0 N–H and O–H groups in total. The van der Waals surface area contributed by atoms with Crippen molar-refractivity contribution in [2.45, 2.75) is 70.6 Å². The van der Waals surface area contributed by atoms with Gasteiger partial charge in [0.2, 0.25) is 6.29 Å². The highest BCUT2D eigenvalue weighted by molar-refractivity contribution is 5.71. The lowest BCUT2D eigenvalue weighted by Gasteiger charge is -2.22. The summed E-state index contributed by atoms with van der Waals surface area (Å²) in [7, 11) is 0. The first-order valence-corrected chi connectivity index (χ1v) is 7.22. The van der Waals surface area contributed by atoms with E-state index in [9.17, 15) is 9.59 Å². The number of carbonyl (C=O) groups is 2. The maximum atomic E-state index is 11.1. The van der Waals surface area contributed by atoms with Crippen LogP contribution in [-0.4, -0.2) is 43.1 Å². The predicted octanol–water partition coefficient (Wildman–Crippen LogP) is 1.56. The van der Waals surface area contributed by atoms with Crippen LogP contribution in [0.4, 0.5) is 0 Å². The molecule has 6 nitrogen and oxygen atoms in total. The van der Waals surface area contributed by atoms with E-state index in [1.165, 1.54) is 6.92 Å². The van der Waals surface area contributed by atoms with Gasteiger partial charge in [-0.15, -0.1) is 0 Å².